The van der Waals surface area contributed by atoms with Gasteiger partial charge in [-0.1, -0.05) is 6.07 Å². The third-order valence-electron chi connectivity index (χ3n) is 3.70. The summed E-state index contributed by atoms with van der Waals surface area (Å²) < 4.78 is 10.1. The van der Waals surface area contributed by atoms with Crippen LogP contribution < -0.4 is 10.1 Å². The number of nitrogens with zero attached hydrogens (tertiary/aromatic N) is 2. The van der Waals surface area contributed by atoms with Crippen molar-refractivity contribution in [2.75, 3.05) is 19.0 Å². The number of nitriles is 1. The van der Waals surface area contributed by atoms with E-state index in [2.05, 4.69) is 10.3 Å². The van der Waals surface area contributed by atoms with Gasteiger partial charge >= 0.3 is 5.97 Å². The molecule has 0 unspecified atom stereocenters. The highest BCUT2D eigenvalue weighted by Crippen LogP contribution is 2.26. The lowest BCUT2D eigenvalue weighted by Gasteiger charge is -2.05. The number of thiazole rings is 1. The molecule has 0 bridgehead atoms. The van der Waals surface area contributed by atoms with Gasteiger partial charge in [-0.15, -0.1) is 11.3 Å². The number of anilines is 1. The maximum Gasteiger partial charge on any atom is 0.338 e. The minimum absolute atomic E-state index is 0.211. The molecule has 8 heteroatoms. The minimum Gasteiger partial charge on any atom is -0.497 e. The predicted octanol–water partition coefficient (Wildman–Crippen LogP) is 3.49. The zero-order chi connectivity index (χ0) is 19.9. The Labute approximate surface area is 165 Å². The Morgan fingerprint density at radius 3 is 2.71 bits per heavy atom. The number of nitrogens with one attached hydrogen (secondary N) is 1. The van der Waals surface area contributed by atoms with Crippen LogP contribution in [0.3, 0.4) is 0 Å². The number of esters is 1. The van der Waals surface area contributed by atoms with Crippen LogP contribution in [0.2, 0.25) is 0 Å². The summed E-state index contributed by atoms with van der Waals surface area (Å²) in [7, 11) is 1.60. The fraction of sp³-hybridized carbons (Fsp3) is 0.100. The molecule has 28 heavy (non-hydrogen) atoms. The highest BCUT2D eigenvalue weighted by atomic mass is 32.1. The molecule has 0 aliphatic carbocycles. The van der Waals surface area contributed by atoms with Crippen molar-refractivity contribution in [1.82, 2.24) is 4.98 Å². The quantitative estimate of drug-likeness (QED) is 0.644. The zero-order valence-electron chi connectivity index (χ0n) is 14.8. The van der Waals surface area contributed by atoms with Gasteiger partial charge in [0.1, 0.15) is 5.75 Å². The summed E-state index contributed by atoms with van der Waals surface area (Å²) in [5.41, 5.74) is 2.16. The van der Waals surface area contributed by atoms with Crippen molar-refractivity contribution < 1.29 is 19.1 Å². The molecule has 0 aliphatic rings. The summed E-state index contributed by atoms with van der Waals surface area (Å²) >= 11 is 1.27. The average Bonchev–Trinajstić information content (AvgIpc) is 3.20. The van der Waals surface area contributed by atoms with Crippen LogP contribution in [0.1, 0.15) is 15.9 Å². The second-order valence-corrected chi connectivity index (χ2v) is 6.44. The number of rotatable bonds is 6. The van der Waals surface area contributed by atoms with Crippen molar-refractivity contribution in [3.8, 4) is 23.1 Å². The number of amides is 1. The highest BCUT2D eigenvalue weighted by Gasteiger charge is 2.13. The van der Waals surface area contributed by atoms with E-state index in [-0.39, 0.29) is 5.56 Å². The Kier molecular flexibility index (Phi) is 5.99. The number of ether oxygens (including phenoxy) is 2. The highest BCUT2D eigenvalue weighted by molar-refractivity contribution is 7.14. The van der Waals surface area contributed by atoms with Gasteiger partial charge in [0, 0.05) is 10.9 Å². The Morgan fingerprint density at radius 2 is 2.00 bits per heavy atom. The maximum absolute atomic E-state index is 12.0. The number of aromatic nitrogens is 1. The van der Waals surface area contributed by atoms with Gasteiger partial charge in [-0.05, 0) is 42.5 Å². The molecule has 3 rings (SSSR count). The van der Waals surface area contributed by atoms with Gasteiger partial charge in [-0.2, -0.15) is 5.26 Å². The second-order valence-electron chi connectivity index (χ2n) is 5.58. The molecule has 1 aromatic heterocycles. The third-order valence-corrected chi connectivity index (χ3v) is 4.46. The first-order valence-corrected chi connectivity index (χ1v) is 9.04. The number of carbonyl (C=O) groups is 2. The molecule has 1 heterocycles. The monoisotopic (exact) mass is 393 g/mol. The lowest BCUT2D eigenvalue weighted by Crippen LogP contribution is -2.20. The first-order chi connectivity index (χ1) is 13.6. The van der Waals surface area contributed by atoms with E-state index in [0.717, 1.165) is 11.3 Å². The third kappa shape index (κ3) is 4.72. The van der Waals surface area contributed by atoms with Crippen LogP contribution in [0, 0.1) is 11.3 Å². The van der Waals surface area contributed by atoms with Crippen LogP contribution in [0.4, 0.5) is 5.13 Å². The Bertz CT molecular complexity index is 1040. The predicted molar refractivity (Wildman–Crippen MR) is 104 cm³/mol. The van der Waals surface area contributed by atoms with Gasteiger partial charge in [0.2, 0.25) is 0 Å². The molecule has 0 fully saturated rings. The SMILES string of the molecule is COc1ccc(-c2csc(NC(=O)COC(=O)c3cccc(C#N)c3)n2)cc1. The average molecular weight is 393 g/mol. The van der Waals surface area contributed by atoms with Gasteiger partial charge in [-0.3, -0.25) is 10.1 Å². The van der Waals surface area contributed by atoms with Crippen LogP contribution in [-0.4, -0.2) is 30.6 Å². The van der Waals surface area contributed by atoms with Gasteiger partial charge in [0.05, 0.1) is 30.0 Å². The molecule has 2 aromatic carbocycles. The van der Waals surface area contributed by atoms with Crippen molar-refractivity contribution in [1.29, 1.82) is 5.26 Å². The first kappa shape index (κ1) is 19.1. The summed E-state index contributed by atoms with van der Waals surface area (Å²) in [6.07, 6.45) is 0. The largest absolute Gasteiger partial charge is 0.497 e. The van der Waals surface area contributed by atoms with Crippen molar-refractivity contribution in [3.05, 3.63) is 65.0 Å². The molecule has 0 saturated heterocycles. The van der Waals surface area contributed by atoms with E-state index in [4.69, 9.17) is 14.7 Å². The van der Waals surface area contributed by atoms with E-state index < -0.39 is 18.5 Å². The molecule has 0 spiro atoms. The van der Waals surface area contributed by atoms with E-state index in [1.54, 1.807) is 19.2 Å². The van der Waals surface area contributed by atoms with Crippen molar-refractivity contribution in [2.45, 2.75) is 0 Å². The number of benzene rings is 2. The smallest absolute Gasteiger partial charge is 0.338 e. The van der Waals surface area contributed by atoms with E-state index >= 15 is 0 Å². The number of methoxy groups -OCH3 is 1. The van der Waals surface area contributed by atoms with E-state index in [1.165, 1.54) is 23.5 Å². The molecule has 7 nitrogen and oxygen atoms in total. The molecule has 0 saturated carbocycles. The zero-order valence-corrected chi connectivity index (χ0v) is 15.7. The lowest BCUT2D eigenvalue weighted by atomic mass is 10.1. The summed E-state index contributed by atoms with van der Waals surface area (Å²) in [6.45, 7) is -0.451. The summed E-state index contributed by atoms with van der Waals surface area (Å²) in [5, 5.41) is 13.7. The molecule has 0 atom stereocenters. The fourth-order valence-corrected chi connectivity index (χ4v) is 3.05. The van der Waals surface area contributed by atoms with E-state index in [1.807, 2.05) is 35.7 Å². The number of hydrogen-bond acceptors (Lipinski definition) is 7. The Hall–Kier alpha value is -3.70. The molecule has 0 aliphatic heterocycles. The van der Waals surface area contributed by atoms with Gasteiger partial charge in [0.15, 0.2) is 11.7 Å². The minimum atomic E-state index is -0.676. The summed E-state index contributed by atoms with van der Waals surface area (Å²) in [5.74, 6) is -0.430. The molecule has 140 valence electrons. The lowest BCUT2D eigenvalue weighted by molar-refractivity contribution is -0.119. The van der Waals surface area contributed by atoms with Crippen LogP contribution in [0.15, 0.2) is 53.9 Å². The summed E-state index contributed by atoms with van der Waals surface area (Å²) in [6, 6.07) is 15.4. The Balaban J connectivity index is 1.55. The van der Waals surface area contributed by atoms with E-state index in [0.29, 0.717) is 16.4 Å². The molecule has 1 amide bonds. The molecular weight excluding hydrogens is 378 g/mol. The van der Waals surface area contributed by atoms with Crippen LogP contribution in [0.25, 0.3) is 11.3 Å². The first-order valence-electron chi connectivity index (χ1n) is 8.16. The number of hydrogen-bond donors (Lipinski definition) is 1. The standard InChI is InChI=1S/C20H15N3O4S/c1-26-16-7-5-14(6-8-16)17-12-28-20(22-17)23-18(24)11-27-19(25)15-4-2-3-13(9-15)10-21/h2-9,12H,11H2,1H3,(H,22,23,24). The molecule has 0 radical (unpaired) electrons. The van der Waals surface area contributed by atoms with Crippen molar-refractivity contribution in [3.63, 3.8) is 0 Å². The maximum atomic E-state index is 12.0. The topological polar surface area (TPSA) is 101 Å². The van der Waals surface area contributed by atoms with Crippen molar-refractivity contribution >= 4 is 28.3 Å². The van der Waals surface area contributed by atoms with Crippen LogP contribution in [0.5, 0.6) is 5.75 Å². The normalized spacial score (nSPS) is 10.0. The summed E-state index contributed by atoms with van der Waals surface area (Å²) in [4.78, 5) is 28.3. The van der Waals surface area contributed by atoms with Gasteiger partial charge in [0.25, 0.3) is 5.91 Å². The number of carbonyl (C=O) groups excluding carboxylic acids is 2. The van der Waals surface area contributed by atoms with Crippen molar-refractivity contribution in [2.24, 2.45) is 0 Å². The van der Waals surface area contributed by atoms with Gasteiger partial charge < -0.3 is 9.47 Å². The Morgan fingerprint density at radius 1 is 1.21 bits per heavy atom. The van der Waals surface area contributed by atoms with Gasteiger partial charge in [-0.25, -0.2) is 9.78 Å². The van der Waals surface area contributed by atoms with Crippen LogP contribution in [-0.2, 0) is 9.53 Å². The molecule has 3 aromatic rings. The second kappa shape index (κ2) is 8.79. The van der Waals surface area contributed by atoms with Crippen LogP contribution >= 0.6 is 11.3 Å². The van der Waals surface area contributed by atoms with E-state index in [9.17, 15) is 9.59 Å². The fourth-order valence-electron chi connectivity index (χ4n) is 2.31. The molecule has 1 N–H and O–H groups in total. The molecular formula is C20H15N3O4S.